The fraction of sp³-hybridized carbons (Fsp3) is 0.143. The molecule has 0 aliphatic heterocycles. The Morgan fingerprint density at radius 3 is 2.56 bits per heavy atom. The fourth-order valence-corrected chi connectivity index (χ4v) is 2.00. The number of rotatable bonds is 4. The quantitative estimate of drug-likeness (QED) is 0.936. The first-order valence-corrected chi connectivity index (χ1v) is 6.34. The second kappa shape index (κ2) is 5.98. The molecule has 2 rings (SSSR count). The minimum Gasteiger partial charge on any atom is -0.488 e. The molecule has 0 fully saturated rings. The highest BCUT2D eigenvalue weighted by Gasteiger charge is 2.05. The molecule has 0 aliphatic carbocycles. The van der Waals surface area contributed by atoms with Crippen LogP contribution in [0.4, 0.5) is 4.39 Å². The third-order valence-electron chi connectivity index (χ3n) is 2.61. The first kappa shape index (κ1) is 13.1. The molecule has 0 unspecified atom stereocenters. The van der Waals surface area contributed by atoms with E-state index in [1.54, 1.807) is 6.07 Å². The summed E-state index contributed by atoms with van der Waals surface area (Å²) in [6.45, 7) is 0.833. The Bertz CT molecular complexity index is 545. The van der Waals surface area contributed by atoms with Gasteiger partial charge in [0.05, 0.1) is 4.47 Å². The SMILES string of the molecule is NCc1ccccc1COc1cc(F)ccc1Br. The molecule has 0 radical (unpaired) electrons. The smallest absolute Gasteiger partial charge is 0.136 e. The van der Waals surface area contributed by atoms with Gasteiger partial charge in [-0.3, -0.25) is 0 Å². The number of nitrogens with two attached hydrogens (primary N) is 1. The standard InChI is InChI=1S/C14H13BrFNO/c15-13-6-5-12(16)7-14(13)18-9-11-4-2-1-3-10(11)8-17/h1-7H,8-9,17H2. The summed E-state index contributed by atoms with van der Waals surface area (Å²) < 4.78 is 19.4. The van der Waals surface area contributed by atoms with Crippen molar-refractivity contribution in [2.75, 3.05) is 0 Å². The van der Waals surface area contributed by atoms with Gasteiger partial charge >= 0.3 is 0 Å². The van der Waals surface area contributed by atoms with Crippen molar-refractivity contribution in [3.63, 3.8) is 0 Å². The van der Waals surface area contributed by atoms with E-state index in [1.807, 2.05) is 24.3 Å². The van der Waals surface area contributed by atoms with E-state index in [9.17, 15) is 4.39 Å². The molecule has 0 aromatic heterocycles. The first-order valence-electron chi connectivity index (χ1n) is 5.55. The van der Waals surface area contributed by atoms with Crippen LogP contribution in [-0.2, 0) is 13.2 Å². The van der Waals surface area contributed by atoms with E-state index in [4.69, 9.17) is 10.5 Å². The van der Waals surface area contributed by atoms with Gasteiger partial charge in [-0.05, 0) is 39.2 Å². The highest BCUT2D eigenvalue weighted by molar-refractivity contribution is 9.10. The van der Waals surface area contributed by atoms with Gasteiger partial charge in [0, 0.05) is 12.6 Å². The molecule has 0 aliphatic rings. The van der Waals surface area contributed by atoms with Gasteiger partial charge in [0.25, 0.3) is 0 Å². The average Bonchev–Trinajstić information content (AvgIpc) is 2.40. The number of halogens is 2. The van der Waals surface area contributed by atoms with Crippen LogP contribution in [0.15, 0.2) is 46.9 Å². The van der Waals surface area contributed by atoms with Gasteiger partial charge in [-0.15, -0.1) is 0 Å². The molecule has 0 atom stereocenters. The van der Waals surface area contributed by atoms with Crippen LogP contribution in [0.3, 0.4) is 0 Å². The van der Waals surface area contributed by atoms with Crippen LogP contribution in [0.1, 0.15) is 11.1 Å². The Morgan fingerprint density at radius 1 is 1.11 bits per heavy atom. The molecule has 0 heterocycles. The summed E-state index contributed by atoms with van der Waals surface area (Å²) in [5, 5.41) is 0. The Labute approximate surface area is 114 Å². The predicted molar refractivity (Wildman–Crippen MR) is 72.8 cm³/mol. The lowest BCUT2D eigenvalue weighted by Gasteiger charge is -2.11. The lowest BCUT2D eigenvalue weighted by atomic mass is 10.1. The van der Waals surface area contributed by atoms with Crippen molar-refractivity contribution >= 4 is 15.9 Å². The summed E-state index contributed by atoms with van der Waals surface area (Å²) in [5.41, 5.74) is 7.69. The van der Waals surface area contributed by atoms with Crippen molar-refractivity contribution in [3.05, 3.63) is 63.9 Å². The van der Waals surface area contributed by atoms with Gasteiger partial charge in [-0.25, -0.2) is 4.39 Å². The molecule has 0 saturated carbocycles. The van der Waals surface area contributed by atoms with E-state index in [0.717, 1.165) is 15.6 Å². The van der Waals surface area contributed by atoms with Gasteiger partial charge in [0.2, 0.25) is 0 Å². The summed E-state index contributed by atoms with van der Waals surface area (Å²) in [6.07, 6.45) is 0. The molecule has 2 nitrogen and oxygen atoms in total. The minimum atomic E-state index is -0.319. The summed E-state index contributed by atoms with van der Waals surface area (Å²) in [6, 6.07) is 12.1. The molecule has 0 amide bonds. The van der Waals surface area contributed by atoms with Crippen molar-refractivity contribution in [2.45, 2.75) is 13.2 Å². The van der Waals surface area contributed by atoms with Crippen molar-refractivity contribution in [2.24, 2.45) is 5.73 Å². The Morgan fingerprint density at radius 2 is 1.83 bits per heavy atom. The minimum absolute atomic E-state index is 0.319. The monoisotopic (exact) mass is 309 g/mol. The summed E-state index contributed by atoms with van der Waals surface area (Å²) >= 11 is 3.32. The number of hydrogen-bond acceptors (Lipinski definition) is 2. The molecule has 94 valence electrons. The van der Waals surface area contributed by atoms with Gasteiger partial charge in [0.15, 0.2) is 0 Å². The lowest BCUT2D eigenvalue weighted by Crippen LogP contribution is -2.04. The van der Waals surface area contributed by atoms with E-state index in [1.165, 1.54) is 12.1 Å². The zero-order valence-corrected chi connectivity index (χ0v) is 11.3. The Hall–Kier alpha value is -1.39. The molecule has 0 bridgehead atoms. The number of ether oxygens (including phenoxy) is 1. The van der Waals surface area contributed by atoms with Crippen LogP contribution in [0.2, 0.25) is 0 Å². The second-order valence-corrected chi connectivity index (χ2v) is 4.69. The maximum Gasteiger partial charge on any atom is 0.136 e. The summed E-state index contributed by atoms with van der Waals surface area (Å²) in [4.78, 5) is 0. The lowest BCUT2D eigenvalue weighted by molar-refractivity contribution is 0.301. The highest BCUT2D eigenvalue weighted by atomic mass is 79.9. The number of hydrogen-bond donors (Lipinski definition) is 1. The largest absolute Gasteiger partial charge is 0.488 e. The molecule has 4 heteroatoms. The highest BCUT2D eigenvalue weighted by Crippen LogP contribution is 2.26. The second-order valence-electron chi connectivity index (χ2n) is 3.84. The van der Waals surface area contributed by atoms with Crippen molar-refractivity contribution in [1.29, 1.82) is 0 Å². The van der Waals surface area contributed by atoms with Crippen molar-refractivity contribution in [1.82, 2.24) is 0 Å². The fourth-order valence-electron chi connectivity index (χ4n) is 1.64. The zero-order valence-electron chi connectivity index (χ0n) is 9.70. The molecule has 18 heavy (non-hydrogen) atoms. The first-order chi connectivity index (χ1) is 8.70. The van der Waals surface area contributed by atoms with Crippen LogP contribution in [0.25, 0.3) is 0 Å². The molecule has 0 saturated heterocycles. The molecule has 2 aromatic carbocycles. The van der Waals surface area contributed by atoms with Crippen LogP contribution in [-0.4, -0.2) is 0 Å². The van der Waals surface area contributed by atoms with Crippen LogP contribution in [0.5, 0.6) is 5.75 Å². The average molecular weight is 310 g/mol. The van der Waals surface area contributed by atoms with Gasteiger partial charge < -0.3 is 10.5 Å². The third-order valence-corrected chi connectivity index (χ3v) is 3.27. The van der Waals surface area contributed by atoms with Crippen LogP contribution in [0, 0.1) is 5.82 Å². The zero-order chi connectivity index (χ0) is 13.0. The van der Waals surface area contributed by atoms with E-state index >= 15 is 0 Å². The van der Waals surface area contributed by atoms with E-state index in [-0.39, 0.29) is 5.82 Å². The normalized spacial score (nSPS) is 10.4. The molecular formula is C14H13BrFNO. The third kappa shape index (κ3) is 3.09. The van der Waals surface area contributed by atoms with Gasteiger partial charge in [-0.2, -0.15) is 0 Å². The van der Waals surface area contributed by atoms with E-state index < -0.39 is 0 Å². The Balaban J connectivity index is 2.14. The molecule has 2 aromatic rings. The predicted octanol–water partition coefficient (Wildman–Crippen LogP) is 3.63. The summed E-state index contributed by atoms with van der Waals surface area (Å²) in [5.74, 6) is 0.169. The molecular weight excluding hydrogens is 297 g/mol. The van der Waals surface area contributed by atoms with Crippen molar-refractivity contribution < 1.29 is 9.13 Å². The van der Waals surface area contributed by atoms with Gasteiger partial charge in [0.1, 0.15) is 18.2 Å². The van der Waals surface area contributed by atoms with E-state index in [2.05, 4.69) is 15.9 Å². The van der Waals surface area contributed by atoms with Crippen molar-refractivity contribution in [3.8, 4) is 5.75 Å². The number of benzene rings is 2. The molecule has 0 spiro atoms. The topological polar surface area (TPSA) is 35.2 Å². The van der Waals surface area contributed by atoms with Gasteiger partial charge in [-0.1, -0.05) is 24.3 Å². The maximum atomic E-state index is 13.1. The van der Waals surface area contributed by atoms with Crippen LogP contribution < -0.4 is 10.5 Å². The Kier molecular flexibility index (Phi) is 4.33. The summed E-state index contributed by atoms with van der Waals surface area (Å²) in [7, 11) is 0. The maximum absolute atomic E-state index is 13.1. The van der Waals surface area contributed by atoms with E-state index in [0.29, 0.717) is 18.9 Å². The molecule has 2 N–H and O–H groups in total. The van der Waals surface area contributed by atoms with Crippen LogP contribution >= 0.6 is 15.9 Å².